The van der Waals surface area contributed by atoms with Gasteiger partial charge in [0.05, 0.1) is 0 Å². The van der Waals surface area contributed by atoms with Crippen LogP contribution in [0.2, 0.25) is 0 Å². The molecule has 0 heterocycles. The molecule has 0 fully saturated rings. The highest BCUT2D eigenvalue weighted by atomic mass is 16.1. The van der Waals surface area contributed by atoms with Gasteiger partial charge >= 0.3 is 0 Å². The van der Waals surface area contributed by atoms with Gasteiger partial charge in [0.15, 0.2) is 5.78 Å². The first-order valence-corrected chi connectivity index (χ1v) is 8.72. The van der Waals surface area contributed by atoms with E-state index in [1.807, 2.05) is 36.4 Å². The number of carbonyl (C=O) groups is 1. The number of nitrogens with one attached hydrogen (secondary N) is 1. The van der Waals surface area contributed by atoms with Gasteiger partial charge in [-0.25, -0.2) is 0 Å². The predicted octanol–water partition coefficient (Wildman–Crippen LogP) is 5.80. The van der Waals surface area contributed by atoms with Crippen molar-refractivity contribution in [2.75, 3.05) is 11.9 Å². The van der Waals surface area contributed by atoms with Crippen LogP contribution < -0.4 is 5.32 Å². The van der Waals surface area contributed by atoms with Crippen LogP contribution in [0.25, 0.3) is 5.57 Å². The molecule has 0 saturated carbocycles. The maximum Gasteiger partial charge on any atom is 0.163 e. The van der Waals surface area contributed by atoms with E-state index >= 15 is 0 Å². The quantitative estimate of drug-likeness (QED) is 0.623. The smallest absolute Gasteiger partial charge is 0.163 e. The Morgan fingerprint density at radius 2 is 1.67 bits per heavy atom. The normalized spacial score (nSPS) is 11.8. The lowest BCUT2D eigenvalue weighted by Crippen LogP contribution is -2.08. The van der Waals surface area contributed by atoms with E-state index in [0.29, 0.717) is 12.3 Å². The van der Waals surface area contributed by atoms with Crippen molar-refractivity contribution in [3.8, 4) is 0 Å². The lowest BCUT2D eigenvalue weighted by atomic mass is 9.90. The van der Waals surface area contributed by atoms with E-state index in [2.05, 4.69) is 44.8 Å². The summed E-state index contributed by atoms with van der Waals surface area (Å²) in [5.41, 5.74) is 4.74. The Labute approximate surface area is 145 Å². The van der Waals surface area contributed by atoms with Crippen LogP contribution in [0.1, 0.15) is 55.1 Å². The van der Waals surface area contributed by atoms with Crippen molar-refractivity contribution in [1.82, 2.24) is 0 Å². The molecule has 0 aromatic heterocycles. The lowest BCUT2D eigenvalue weighted by molar-refractivity contribution is 0.0963. The number of Topliss-reactive ketones (excluding diaryl/α,β-unsaturated/α-hetero) is 1. The van der Waals surface area contributed by atoms with Crippen LogP contribution in [0.15, 0.2) is 55.1 Å². The third-order valence-electron chi connectivity index (χ3n) is 4.40. The summed E-state index contributed by atoms with van der Waals surface area (Å²) in [6.07, 6.45) is 1.60. The minimum atomic E-state index is 0.199. The van der Waals surface area contributed by atoms with Crippen molar-refractivity contribution < 1.29 is 4.79 Å². The second-order valence-electron chi connectivity index (χ2n) is 6.27. The average Bonchev–Trinajstić information content (AvgIpc) is 2.62. The summed E-state index contributed by atoms with van der Waals surface area (Å²) in [5, 5.41) is 3.29. The largest absolute Gasteiger partial charge is 0.385 e. The Balaban J connectivity index is 2.28. The van der Waals surface area contributed by atoms with Crippen LogP contribution >= 0.6 is 0 Å². The number of ketones is 1. The molecule has 0 bridgehead atoms. The van der Waals surface area contributed by atoms with Gasteiger partial charge in [0.25, 0.3) is 0 Å². The molecule has 126 valence electrons. The van der Waals surface area contributed by atoms with Gasteiger partial charge in [-0.05, 0) is 41.7 Å². The summed E-state index contributed by atoms with van der Waals surface area (Å²) in [6.45, 7) is 11.5. The Bertz CT molecular complexity index is 700. The van der Waals surface area contributed by atoms with Crippen LogP contribution in [0.5, 0.6) is 0 Å². The number of hydrogen-bond acceptors (Lipinski definition) is 2. The second-order valence-corrected chi connectivity index (χ2v) is 6.27. The molecule has 0 aliphatic carbocycles. The lowest BCUT2D eigenvalue weighted by Gasteiger charge is -2.14. The Morgan fingerprint density at radius 1 is 1.04 bits per heavy atom. The number of carbonyl (C=O) groups excluding carboxylic acids is 1. The fraction of sp³-hybridized carbons (Fsp3) is 0.318. The van der Waals surface area contributed by atoms with E-state index < -0.39 is 0 Å². The molecular weight excluding hydrogens is 294 g/mol. The Morgan fingerprint density at radius 3 is 2.25 bits per heavy atom. The molecule has 2 aromatic rings. The zero-order chi connectivity index (χ0) is 17.5. The first-order valence-electron chi connectivity index (χ1n) is 8.72. The fourth-order valence-corrected chi connectivity index (χ4v) is 2.71. The van der Waals surface area contributed by atoms with Gasteiger partial charge in [0.1, 0.15) is 0 Å². The van der Waals surface area contributed by atoms with Gasteiger partial charge in [-0.1, -0.05) is 63.2 Å². The summed E-state index contributed by atoms with van der Waals surface area (Å²) >= 11 is 0. The van der Waals surface area contributed by atoms with Gasteiger partial charge in [0.2, 0.25) is 0 Å². The third kappa shape index (κ3) is 4.35. The van der Waals surface area contributed by atoms with E-state index in [9.17, 15) is 4.79 Å². The van der Waals surface area contributed by atoms with Crippen LogP contribution in [-0.2, 0) is 0 Å². The number of hydrogen-bond donors (Lipinski definition) is 1. The monoisotopic (exact) mass is 321 g/mol. The van der Waals surface area contributed by atoms with E-state index in [4.69, 9.17) is 0 Å². The molecule has 1 unspecified atom stereocenters. The molecule has 2 aromatic carbocycles. The number of rotatable bonds is 8. The molecule has 2 rings (SSSR count). The van der Waals surface area contributed by atoms with Crippen molar-refractivity contribution >= 4 is 17.0 Å². The summed E-state index contributed by atoms with van der Waals surface area (Å²) in [7, 11) is 0. The van der Waals surface area contributed by atoms with Gasteiger partial charge in [-0.3, -0.25) is 4.79 Å². The molecule has 0 aliphatic rings. The van der Waals surface area contributed by atoms with E-state index in [1.165, 1.54) is 0 Å². The maximum atomic E-state index is 12.7. The van der Waals surface area contributed by atoms with E-state index in [-0.39, 0.29) is 5.78 Å². The van der Waals surface area contributed by atoms with Crippen molar-refractivity contribution in [2.24, 2.45) is 5.92 Å². The minimum Gasteiger partial charge on any atom is -0.385 e. The van der Waals surface area contributed by atoms with Gasteiger partial charge in [-0.15, -0.1) is 0 Å². The molecule has 0 amide bonds. The SMILES string of the molecule is C=C(c1ccc(NCC)cc1)c1ccccc1C(=O)CC(C)CC. The highest BCUT2D eigenvalue weighted by Gasteiger charge is 2.16. The summed E-state index contributed by atoms with van der Waals surface area (Å²) < 4.78 is 0. The zero-order valence-corrected chi connectivity index (χ0v) is 14.9. The van der Waals surface area contributed by atoms with Crippen molar-refractivity contribution in [2.45, 2.75) is 33.6 Å². The topological polar surface area (TPSA) is 29.1 Å². The molecular formula is C22H27NO. The first kappa shape index (κ1) is 18.0. The third-order valence-corrected chi connectivity index (χ3v) is 4.40. The van der Waals surface area contributed by atoms with Crippen molar-refractivity contribution in [3.63, 3.8) is 0 Å². The van der Waals surface area contributed by atoms with E-state index in [1.54, 1.807) is 0 Å². The highest BCUT2D eigenvalue weighted by molar-refractivity contribution is 6.02. The maximum absolute atomic E-state index is 12.7. The zero-order valence-electron chi connectivity index (χ0n) is 14.9. The van der Waals surface area contributed by atoms with E-state index in [0.717, 1.165) is 40.9 Å². The van der Waals surface area contributed by atoms with Gasteiger partial charge in [-0.2, -0.15) is 0 Å². The molecule has 1 atom stereocenters. The van der Waals surface area contributed by atoms with Gasteiger partial charge in [0, 0.05) is 24.2 Å². The number of anilines is 1. The minimum absolute atomic E-state index is 0.199. The summed E-state index contributed by atoms with van der Waals surface area (Å²) in [6, 6.07) is 16.0. The Hall–Kier alpha value is -2.35. The first-order chi connectivity index (χ1) is 11.6. The standard InChI is InChI=1S/C22H27NO/c1-5-16(3)15-22(24)21-10-8-7-9-20(21)17(4)18-11-13-19(14-12-18)23-6-2/h7-14,16,23H,4-6,15H2,1-3H3. The van der Waals surface area contributed by atoms with Crippen LogP contribution in [0.3, 0.4) is 0 Å². The predicted molar refractivity (Wildman–Crippen MR) is 104 cm³/mol. The second kappa shape index (κ2) is 8.49. The van der Waals surface area contributed by atoms with Crippen molar-refractivity contribution in [1.29, 1.82) is 0 Å². The molecule has 24 heavy (non-hydrogen) atoms. The summed E-state index contributed by atoms with van der Waals surface area (Å²) in [4.78, 5) is 12.7. The molecule has 0 spiro atoms. The molecule has 0 saturated heterocycles. The molecule has 2 nitrogen and oxygen atoms in total. The van der Waals surface area contributed by atoms with Crippen molar-refractivity contribution in [3.05, 3.63) is 71.8 Å². The molecule has 1 N–H and O–H groups in total. The molecule has 2 heteroatoms. The highest BCUT2D eigenvalue weighted by Crippen LogP contribution is 2.27. The van der Waals surface area contributed by atoms with Crippen LogP contribution in [0, 0.1) is 5.92 Å². The average molecular weight is 321 g/mol. The van der Waals surface area contributed by atoms with Crippen LogP contribution in [-0.4, -0.2) is 12.3 Å². The van der Waals surface area contributed by atoms with Gasteiger partial charge < -0.3 is 5.32 Å². The Kier molecular flexibility index (Phi) is 6.36. The van der Waals surface area contributed by atoms with Crippen LogP contribution in [0.4, 0.5) is 5.69 Å². The molecule has 0 aliphatic heterocycles. The summed E-state index contributed by atoms with van der Waals surface area (Å²) in [5.74, 6) is 0.601. The fourth-order valence-electron chi connectivity index (χ4n) is 2.71. The number of benzene rings is 2. The molecule has 0 radical (unpaired) electrons.